The fraction of sp³-hybridized carbons (Fsp3) is 0.438. The topological polar surface area (TPSA) is 116 Å². The van der Waals surface area contributed by atoms with Gasteiger partial charge < -0.3 is 9.64 Å². The van der Waals surface area contributed by atoms with E-state index in [4.69, 9.17) is 4.74 Å². The molecule has 0 spiro atoms. The zero-order valence-corrected chi connectivity index (χ0v) is 26.7. The van der Waals surface area contributed by atoms with Crippen LogP contribution in [0.25, 0.3) is 5.65 Å². The van der Waals surface area contributed by atoms with Crippen molar-refractivity contribution in [3.05, 3.63) is 82.4 Å². The summed E-state index contributed by atoms with van der Waals surface area (Å²) in [5.74, 6) is -1.53. The smallest absolute Gasteiger partial charge is 0.452 e. The van der Waals surface area contributed by atoms with E-state index in [9.17, 15) is 27.1 Å². The highest BCUT2D eigenvalue weighted by atomic mass is 32.3. The summed E-state index contributed by atoms with van der Waals surface area (Å²) in [6, 6.07) is 10.8. The van der Waals surface area contributed by atoms with E-state index in [2.05, 4.69) is 20.1 Å². The second-order valence-corrected chi connectivity index (χ2v) is 13.9. The van der Waals surface area contributed by atoms with Crippen LogP contribution in [0.15, 0.2) is 53.7 Å². The molecule has 2 N–H and O–H groups in total. The maximum atomic E-state index is 13.6. The van der Waals surface area contributed by atoms with E-state index in [0.717, 1.165) is 46.9 Å². The molecule has 0 aliphatic carbocycles. The number of anilines is 1. The predicted molar refractivity (Wildman–Crippen MR) is 168 cm³/mol. The third-order valence-corrected chi connectivity index (χ3v) is 10.9. The number of ether oxygens (including phenoxy) is 1. The van der Waals surface area contributed by atoms with Crippen LogP contribution in [0.2, 0.25) is 0 Å². The maximum absolute atomic E-state index is 13.6. The van der Waals surface area contributed by atoms with Crippen LogP contribution in [0.3, 0.4) is 0 Å². The molecule has 14 heteroatoms. The van der Waals surface area contributed by atoms with E-state index >= 15 is 0 Å². The number of hydrogen-bond acceptors (Lipinski definition) is 9. The molecule has 1 aromatic carbocycles. The summed E-state index contributed by atoms with van der Waals surface area (Å²) in [5, 5.41) is 7.22. The van der Waals surface area contributed by atoms with Crippen molar-refractivity contribution in [3.8, 4) is 0 Å². The molecule has 0 amide bonds. The molecular formula is C32H37F3N6O4S. The number of piperidine rings is 1. The highest BCUT2D eigenvalue weighted by Gasteiger charge is 2.40. The molecule has 6 rings (SSSR count). The van der Waals surface area contributed by atoms with Crippen LogP contribution in [0.4, 0.5) is 19.0 Å². The van der Waals surface area contributed by atoms with Crippen LogP contribution >= 0.6 is 10.8 Å². The number of rotatable bonds is 7. The van der Waals surface area contributed by atoms with Crippen LogP contribution in [-0.2, 0) is 22.3 Å². The molecular weight excluding hydrogens is 621 g/mol. The van der Waals surface area contributed by atoms with Gasteiger partial charge in [0.1, 0.15) is 4.90 Å². The number of aromatic nitrogens is 4. The fourth-order valence-electron chi connectivity index (χ4n) is 6.64. The number of nitrogens with zero attached hydrogens (tertiary/aromatic N) is 6. The summed E-state index contributed by atoms with van der Waals surface area (Å²) in [6.45, 7) is 6.95. The van der Waals surface area contributed by atoms with Crippen LogP contribution in [0.1, 0.15) is 72.2 Å². The standard InChI is InChI=1S/C32H37F3N6O4S/c1-4-45-28(42)17-26(25-12-15-41-29(21(25)3)37-38-31(41)32(33,34)35)22-11-10-20(2)23(16-22)18-39-19-24-8-5-6-14-40(24)30-27(46(39,43)44)9-7-13-36-30/h7,9-13,15-16,24,26,43-44H,4-6,8,14,17-19H2,1-3H3/t24-,26?/m0/s1. The number of carbonyl (C=O) groups excluding carboxylic acids is 1. The number of alkyl halides is 3. The van der Waals surface area contributed by atoms with Crippen LogP contribution in [0.5, 0.6) is 0 Å². The third-order valence-electron chi connectivity index (χ3n) is 9.01. The number of aryl methyl sites for hydroxylation is 2. The second kappa shape index (κ2) is 12.5. The molecule has 1 saturated heterocycles. The highest BCUT2D eigenvalue weighted by Crippen LogP contribution is 2.57. The molecule has 0 bridgehead atoms. The van der Waals surface area contributed by atoms with Gasteiger partial charge in [0.25, 0.3) is 0 Å². The van der Waals surface area contributed by atoms with Crippen molar-refractivity contribution in [3.63, 3.8) is 0 Å². The summed E-state index contributed by atoms with van der Waals surface area (Å²) in [6.07, 6.45) is 1.18. The Morgan fingerprint density at radius 3 is 2.72 bits per heavy atom. The van der Waals surface area contributed by atoms with Gasteiger partial charge in [0.2, 0.25) is 5.82 Å². The van der Waals surface area contributed by atoms with E-state index in [1.165, 1.54) is 6.20 Å². The Kier molecular flexibility index (Phi) is 8.74. The van der Waals surface area contributed by atoms with Crippen LogP contribution in [-0.4, -0.2) is 64.7 Å². The minimum atomic E-state index is -4.68. The van der Waals surface area contributed by atoms with Crippen molar-refractivity contribution in [2.45, 2.75) is 76.0 Å². The zero-order valence-electron chi connectivity index (χ0n) is 25.9. The van der Waals surface area contributed by atoms with Crippen molar-refractivity contribution in [1.82, 2.24) is 23.9 Å². The number of pyridine rings is 2. The van der Waals surface area contributed by atoms with E-state index in [1.54, 1.807) is 42.5 Å². The van der Waals surface area contributed by atoms with E-state index < -0.39 is 34.7 Å². The Labute approximate surface area is 266 Å². The van der Waals surface area contributed by atoms with Crippen molar-refractivity contribution in [1.29, 1.82) is 0 Å². The summed E-state index contributed by atoms with van der Waals surface area (Å²) >= 11 is 0. The van der Waals surface area contributed by atoms with Gasteiger partial charge in [-0.15, -0.1) is 21.0 Å². The van der Waals surface area contributed by atoms with E-state index in [0.29, 0.717) is 28.4 Å². The SMILES string of the molecule is CCOC(=O)CC(c1ccc(C)c(CN2C[C@@H]3CCCCN3c3ncccc3S2(O)O)c1)c1ccn2c(C(F)(F)F)nnc2c1C. The first-order valence-electron chi connectivity index (χ1n) is 15.3. The van der Waals surface area contributed by atoms with Gasteiger partial charge in [-0.2, -0.15) is 17.5 Å². The molecule has 2 aliphatic heterocycles. The number of hydrogen-bond donors (Lipinski definition) is 2. The van der Waals surface area contributed by atoms with Gasteiger partial charge in [-0.3, -0.25) is 18.3 Å². The molecule has 5 heterocycles. The quantitative estimate of drug-likeness (QED) is 0.208. The predicted octanol–water partition coefficient (Wildman–Crippen LogP) is 6.74. The number of fused-ring (bicyclic) bond motifs is 4. The molecule has 0 saturated carbocycles. The maximum Gasteiger partial charge on any atom is 0.452 e. The molecule has 10 nitrogen and oxygen atoms in total. The second-order valence-electron chi connectivity index (χ2n) is 11.9. The van der Waals surface area contributed by atoms with E-state index in [-0.39, 0.29) is 31.3 Å². The van der Waals surface area contributed by atoms with Crippen molar-refractivity contribution in [2.75, 3.05) is 24.6 Å². The van der Waals surface area contributed by atoms with Crippen LogP contribution in [0, 0.1) is 13.8 Å². The van der Waals surface area contributed by atoms with E-state index in [1.807, 2.05) is 25.1 Å². The Bertz CT molecular complexity index is 1760. The first-order chi connectivity index (χ1) is 21.9. The summed E-state index contributed by atoms with van der Waals surface area (Å²) in [4.78, 5) is 20.0. The lowest BCUT2D eigenvalue weighted by atomic mass is 9.85. The average molecular weight is 659 g/mol. The lowest BCUT2D eigenvalue weighted by molar-refractivity contribution is -0.145. The van der Waals surface area contributed by atoms with Gasteiger partial charge in [0.15, 0.2) is 11.5 Å². The van der Waals surface area contributed by atoms with Crippen molar-refractivity contribution >= 4 is 28.2 Å². The van der Waals surface area contributed by atoms with Gasteiger partial charge in [0, 0.05) is 44.0 Å². The number of halogens is 3. The Morgan fingerprint density at radius 2 is 1.96 bits per heavy atom. The molecule has 246 valence electrons. The highest BCUT2D eigenvalue weighted by molar-refractivity contribution is 8.22. The largest absolute Gasteiger partial charge is 0.466 e. The summed E-state index contributed by atoms with van der Waals surface area (Å²) < 4.78 is 72.1. The number of benzene rings is 1. The van der Waals surface area contributed by atoms with Gasteiger partial charge in [-0.25, -0.2) is 4.98 Å². The monoisotopic (exact) mass is 658 g/mol. The average Bonchev–Trinajstić information content (AvgIpc) is 3.44. The summed E-state index contributed by atoms with van der Waals surface area (Å²) in [5.41, 5.74) is 3.63. The first kappa shape index (κ1) is 32.2. The molecule has 46 heavy (non-hydrogen) atoms. The van der Waals surface area contributed by atoms with Crippen LogP contribution < -0.4 is 4.90 Å². The Balaban J connectivity index is 1.40. The Morgan fingerprint density at radius 1 is 1.15 bits per heavy atom. The first-order valence-corrected chi connectivity index (χ1v) is 16.8. The van der Waals surface area contributed by atoms with Gasteiger partial charge in [0.05, 0.1) is 13.0 Å². The lowest BCUT2D eigenvalue weighted by Crippen LogP contribution is -2.45. The number of carbonyl (C=O) groups is 1. The molecule has 4 aromatic rings. The van der Waals surface area contributed by atoms with Gasteiger partial charge in [-0.05, 0) is 86.1 Å². The minimum Gasteiger partial charge on any atom is -0.466 e. The van der Waals surface area contributed by atoms with Gasteiger partial charge >= 0.3 is 12.1 Å². The minimum absolute atomic E-state index is 0.0499. The molecule has 3 aromatic heterocycles. The number of esters is 1. The zero-order chi connectivity index (χ0) is 32.8. The Hall–Kier alpha value is -3.72. The van der Waals surface area contributed by atoms with Gasteiger partial charge in [-0.1, -0.05) is 18.2 Å². The van der Waals surface area contributed by atoms with Crippen molar-refractivity contribution in [2.24, 2.45) is 0 Å². The molecule has 0 radical (unpaired) electrons. The third kappa shape index (κ3) is 5.94. The molecule has 2 aliphatic rings. The summed E-state index contributed by atoms with van der Waals surface area (Å²) in [7, 11) is -3.40. The normalized spacial score (nSPS) is 19.7. The fourth-order valence-corrected chi connectivity index (χ4v) is 8.30. The van der Waals surface area contributed by atoms with Crippen molar-refractivity contribution < 1.29 is 31.8 Å². The molecule has 2 atom stereocenters. The molecule has 1 fully saturated rings. The molecule has 1 unspecified atom stereocenters. The lowest BCUT2D eigenvalue weighted by Gasteiger charge is -2.42.